The second-order valence-corrected chi connectivity index (χ2v) is 4.27. The average molecular weight is 215 g/mol. The SMILES string of the molecule is CCc1nc2ccc(C(C)=C(C)C)cc2o1. The number of fused-ring (bicyclic) bond motifs is 1. The van der Waals surface area contributed by atoms with Crippen molar-refractivity contribution in [3.8, 4) is 0 Å². The zero-order valence-electron chi connectivity index (χ0n) is 10.3. The lowest BCUT2D eigenvalue weighted by Crippen LogP contribution is -1.81. The van der Waals surface area contributed by atoms with E-state index in [1.807, 2.05) is 13.0 Å². The van der Waals surface area contributed by atoms with Crippen LogP contribution in [0.15, 0.2) is 28.2 Å². The molecule has 2 heteroatoms. The van der Waals surface area contributed by atoms with Crippen molar-refractivity contribution in [2.45, 2.75) is 34.1 Å². The number of oxazole rings is 1. The number of nitrogens with zero attached hydrogens (tertiary/aromatic N) is 1. The number of aromatic nitrogens is 1. The van der Waals surface area contributed by atoms with Crippen molar-refractivity contribution in [1.29, 1.82) is 0 Å². The summed E-state index contributed by atoms with van der Waals surface area (Å²) >= 11 is 0. The summed E-state index contributed by atoms with van der Waals surface area (Å²) in [6, 6.07) is 6.20. The first kappa shape index (κ1) is 10.9. The Bertz CT molecular complexity index is 545. The molecule has 84 valence electrons. The molecular weight excluding hydrogens is 198 g/mol. The number of benzene rings is 1. The highest BCUT2D eigenvalue weighted by Gasteiger charge is 2.06. The van der Waals surface area contributed by atoms with Gasteiger partial charge in [-0.3, -0.25) is 0 Å². The first-order chi connectivity index (χ1) is 7.61. The van der Waals surface area contributed by atoms with E-state index in [0.29, 0.717) is 0 Å². The van der Waals surface area contributed by atoms with Gasteiger partial charge in [-0.05, 0) is 44.0 Å². The third-order valence-electron chi connectivity index (χ3n) is 2.92. The van der Waals surface area contributed by atoms with Gasteiger partial charge in [0, 0.05) is 6.42 Å². The molecule has 2 rings (SSSR count). The van der Waals surface area contributed by atoms with Gasteiger partial charge in [-0.2, -0.15) is 0 Å². The topological polar surface area (TPSA) is 26.0 Å². The highest BCUT2D eigenvalue weighted by molar-refractivity contribution is 5.79. The van der Waals surface area contributed by atoms with Gasteiger partial charge in [0.25, 0.3) is 0 Å². The molecule has 1 aromatic carbocycles. The van der Waals surface area contributed by atoms with Crippen molar-refractivity contribution in [1.82, 2.24) is 4.98 Å². The van der Waals surface area contributed by atoms with Crippen LogP contribution in [0.4, 0.5) is 0 Å². The number of hydrogen-bond donors (Lipinski definition) is 0. The molecule has 1 aromatic heterocycles. The van der Waals surface area contributed by atoms with E-state index in [0.717, 1.165) is 23.4 Å². The normalized spacial score (nSPS) is 10.8. The van der Waals surface area contributed by atoms with Crippen molar-refractivity contribution in [2.75, 3.05) is 0 Å². The largest absolute Gasteiger partial charge is 0.441 e. The smallest absolute Gasteiger partial charge is 0.195 e. The molecule has 0 aliphatic rings. The van der Waals surface area contributed by atoms with Crippen LogP contribution in [0.3, 0.4) is 0 Å². The summed E-state index contributed by atoms with van der Waals surface area (Å²) < 4.78 is 5.65. The van der Waals surface area contributed by atoms with E-state index in [1.54, 1.807) is 0 Å². The number of allylic oxidation sites excluding steroid dienone is 2. The van der Waals surface area contributed by atoms with Gasteiger partial charge in [-0.25, -0.2) is 4.98 Å². The van der Waals surface area contributed by atoms with Crippen LogP contribution >= 0.6 is 0 Å². The predicted molar refractivity (Wildman–Crippen MR) is 67.3 cm³/mol. The molecule has 0 spiro atoms. The van der Waals surface area contributed by atoms with Crippen LogP contribution in [-0.2, 0) is 6.42 Å². The van der Waals surface area contributed by atoms with Crippen LogP contribution in [0.1, 0.15) is 39.1 Å². The summed E-state index contributed by atoms with van der Waals surface area (Å²) in [7, 11) is 0. The highest BCUT2D eigenvalue weighted by Crippen LogP contribution is 2.23. The van der Waals surface area contributed by atoms with Gasteiger partial charge in [-0.1, -0.05) is 18.6 Å². The van der Waals surface area contributed by atoms with Gasteiger partial charge in [0.15, 0.2) is 11.5 Å². The summed E-state index contributed by atoms with van der Waals surface area (Å²) in [5.74, 6) is 0.807. The highest BCUT2D eigenvalue weighted by atomic mass is 16.3. The molecular formula is C14H17NO. The second kappa shape index (κ2) is 4.12. The Morgan fingerprint density at radius 2 is 2.00 bits per heavy atom. The standard InChI is InChI=1S/C14H17NO/c1-5-14-15-12-7-6-11(8-13(12)16-14)10(4)9(2)3/h6-8H,5H2,1-4H3. The summed E-state index contributed by atoms with van der Waals surface area (Å²) in [5.41, 5.74) is 5.68. The summed E-state index contributed by atoms with van der Waals surface area (Å²) in [6.07, 6.45) is 0.839. The lowest BCUT2D eigenvalue weighted by molar-refractivity contribution is 0.538. The maximum atomic E-state index is 5.65. The van der Waals surface area contributed by atoms with Crippen molar-refractivity contribution in [3.05, 3.63) is 35.2 Å². The Morgan fingerprint density at radius 1 is 1.25 bits per heavy atom. The van der Waals surface area contributed by atoms with Gasteiger partial charge in [0.05, 0.1) is 0 Å². The van der Waals surface area contributed by atoms with Gasteiger partial charge in [-0.15, -0.1) is 0 Å². The molecule has 0 N–H and O–H groups in total. The molecule has 0 saturated carbocycles. The van der Waals surface area contributed by atoms with E-state index in [9.17, 15) is 0 Å². The maximum Gasteiger partial charge on any atom is 0.195 e. The fourth-order valence-electron chi connectivity index (χ4n) is 1.65. The number of hydrogen-bond acceptors (Lipinski definition) is 2. The van der Waals surface area contributed by atoms with E-state index >= 15 is 0 Å². The van der Waals surface area contributed by atoms with Gasteiger partial charge >= 0.3 is 0 Å². The van der Waals surface area contributed by atoms with Gasteiger partial charge in [0.1, 0.15) is 5.52 Å². The van der Waals surface area contributed by atoms with Crippen LogP contribution < -0.4 is 0 Å². The molecule has 0 aliphatic carbocycles. The van der Waals surface area contributed by atoms with E-state index in [2.05, 4.69) is 37.9 Å². The van der Waals surface area contributed by atoms with Crippen LogP contribution in [0, 0.1) is 0 Å². The third-order valence-corrected chi connectivity index (χ3v) is 2.92. The van der Waals surface area contributed by atoms with Crippen LogP contribution in [0.25, 0.3) is 16.7 Å². The molecule has 0 unspecified atom stereocenters. The Hall–Kier alpha value is -1.57. The van der Waals surface area contributed by atoms with E-state index in [4.69, 9.17) is 4.42 Å². The minimum atomic E-state index is 0.807. The Labute approximate surface area is 96.0 Å². The lowest BCUT2D eigenvalue weighted by atomic mass is 10.0. The Morgan fingerprint density at radius 3 is 2.62 bits per heavy atom. The molecule has 0 saturated heterocycles. The fourth-order valence-corrected chi connectivity index (χ4v) is 1.65. The molecule has 16 heavy (non-hydrogen) atoms. The number of rotatable bonds is 2. The maximum absolute atomic E-state index is 5.65. The monoisotopic (exact) mass is 215 g/mol. The molecule has 0 radical (unpaired) electrons. The first-order valence-corrected chi connectivity index (χ1v) is 5.65. The Balaban J connectivity index is 2.55. The quantitative estimate of drug-likeness (QED) is 0.750. The van der Waals surface area contributed by atoms with Crippen molar-refractivity contribution in [2.24, 2.45) is 0 Å². The number of aryl methyl sites for hydroxylation is 1. The van der Waals surface area contributed by atoms with Crippen LogP contribution in [0.5, 0.6) is 0 Å². The second-order valence-electron chi connectivity index (χ2n) is 4.27. The molecule has 1 heterocycles. The average Bonchev–Trinajstić information content (AvgIpc) is 2.69. The lowest BCUT2D eigenvalue weighted by Gasteiger charge is -2.03. The molecule has 0 atom stereocenters. The molecule has 2 aromatic rings. The van der Waals surface area contributed by atoms with Crippen molar-refractivity contribution in [3.63, 3.8) is 0 Å². The third kappa shape index (κ3) is 1.87. The first-order valence-electron chi connectivity index (χ1n) is 5.65. The van der Waals surface area contributed by atoms with Gasteiger partial charge in [0.2, 0.25) is 0 Å². The summed E-state index contributed by atoms with van der Waals surface area (Å²) in [5, 5.41) is 0. The minimum absolute atomic E-state index is 0.807. The van der Waals surface area contributed by atoms with Crippen molar-refractivity contribution >= 4 is 16.7 Å². The molecule has 0 fully saturated rings. The molecule has 0 aliphatic heterocycles. The zero-order valence-corrected chi connectivity index (χ0v) is 10.3. The molecule has 2 nitrogen and oxygen atoms in total. The minimum Gasteiger partial charge on any atom is -0.441 e. The summed E-state index contributed by atoms with van der Waals surface area (Å²) in [4.78, 5) is 4.39. The van der Waals surface area contributed by atoms with Crippen LogP contribution in [0.2, 0.25) is 0 Å². The van der Waals surface area contributed by atoms with Crippen LogP contribution in [-0.4, -0.2) is 4.98 Å². The Kier molecular flexibility index (Phi) is 2.82. The van der Waals surface area contributed by atoms with Gasteiger partial charge < -0.3 is 4.42 Å². The van der Waals surface area contributed by atoms with E-state index < -0.39 is 0 Å². The zero-order chi connectivity index (χ0) is 11.7. The van der Waals surface area contributed by atoms with E-state index in [1.165, 1.54) is 16.7 Å². The molecule has 0 bridgehead atoms. The molecule has 0 amide bonds. The summed E-state index contributed by atoms with van der Waals surface area (Å²) in [6.45, 7) is 8.43. The predicted octanol–water partition coefficient (Wildman–Crippen LogP) is 4.20. The fraction of sp³-hybridized carbons (Fsp3) is 0.357. The van der Waals surface area contributed by atoms with Crippen molar-refractivity contribution < 1.29 is 4.42 Å². The van der Waals surface area contributed by atoms with E-state index in [-0.39, 0.29) is 0 Å².